The molecule has 2 unspecified atom stereocenters. The number of amides is 1. The minimum absolute atomic E-state index is 0.0162. The van der Waals surface area contributed by atoms with E-state index in [4.69, 9.17) is 9.47 Å². The van der Waals surface area contributed by atoms with E-state index in [2.05, 4.69) is 21.2 Å². The van der Waals surface area contributed by atoms with E-state index in [0.29, 0.717) is 13.2 Å². The molecule has 1 heterocycles. The molecule has 104 valence electrons. The lowest BCUT2D eigenvalue weighted by Gasteiger charge is -2.27. The molecule has 4 nitrogen and oxygen atoms in total. The third-order valence-electron chi connectivity index (χ3n) is 2.91. The first-order chi connectivity index (χ1) is 9.08. The summed E-state index contributed by atoms with van der Waals surface area (Å²) in [4.78, 5) is 11.6. The molecule has 2 atom stereocenters. The molecule has 0 fully saturated rings. The van der Waals surface area contributed by atoms with Crippen molar-refractivity contribution in [2.75, 3.05) is 13.2 Å². The summed E-state index contributed by atoms with van der Waals surface area (Å²) in [5.41, 5.74) is 0. The molecule has 19 heavy (non-hydrogen) atoms. The van der Waals surface area contributed by atoms with Gasteiger partial charge in [-0.1, -0.05) is 41.9 Å². The smallest absolute Gasteiger partial charge is 0.234 e. The van der Waals surface area contributed by atoms with Gasteiger partial charge in [-0.2, -0.15) is 0 Å². The molecule has 1 aliphatic heterocycles. The van der Waals surface area contributed by atoms with Gasteiger partial charge in [0.15, 0.2) is 11.5 Å². The molecule has 0 bridgehead atoms. The van der Waals surface area contributed by atoms with Crippen molar-refractivity contribution in [3.8, 4) is 11.5 Å². The van der Waals surface area contributed by atoms with Gasteiger partial charge in [0.1, 0.15) is 12.7 Å². The second-order valence-electron chi connectivity index (χ2n) is 4.89. The summed E-state index contributed by atoms with van der Waals surface area (Å²) in [7, 11) is 0. The number of carbonyl (C=O) groups is 1. The molecular weight excluding hydrogens is 310 g/mol. The van der Waals surface area contributed by atoms with Crippen molar-refractivity contribution in [1.82, 2.24) is 5.32 Å². The van der Waals surface area contributed by atoms with E-state index in [0.717, 1.165) is 11.5 Å². The van der Waals surface area contributed by atoms with Crippen molar-refractivity contribution < 1.29 is 14.3 Å². The summed E-state index contributed by atoms with van der Waals surface area (Å²) in [5.74, 6) is 1.72. The number of alkyl halides is 1. The first-order valence-corrected chi connectivity index (χ1v) is 7.29. The van der Waals surface area contributed by atoms with Crippen LogP contribution >= 0.6 is 15.9 Å². The largest absolute Gasteiger partial charge is 0.486 e. The Labute approximate surface area is 121 Å². The van der Waals surface area contributed by atoms with Gasteiger partial charge in [-0.05, 0) is 18.1 Å². The van der Waals surface area contributed by atoms with Crippen LogP contribution in [0.25, 0.3) is 0 Å². The van der Waals surface area contributed by atoms with Gasteiger partial charge in [0, 0.05) is 0 Å². The lowest BCUT2D eigenvalue weighted by Crippen LogP contribution is -2.43. The Morgan fingerprint density at radius 1 is 1.42 bits per heavy atom. The maximum absolute atomic E-state index is 11.8. The van der Waals surface area contributed by atoms with E-state index in [-0.39, 0.29) is 22.8 Å². The van der Waals surface area contributed by atoms with E-state index in [9.17, 15) is 4.79 Å². The molecule has 1 aromatic carbocycles. The average Bonchev–Trinajstić information content (AvgIpc) is 2.43. The predicted molar refractivity (Wildman–Crippen MR) is 76.9 cm³/mol. The third-order valence-corrected chi connectivity index (χ3v) is 4.38. The van der Waals surface area contributed by atoms with E-state index in [1.54, 1.807) is 0 Å². The highest BCUT2D eigenvalue weighted by Gasteiger charge is 2.23. The van der Waals surface area contributed by atoms with Crippen LogP contribution in [-0.4, -0.2) is 30.0 Å². The maximum Gasteiger partial charge on any atom is 0.234 e. The van der Waals surface area contributed by atoms with Crippen molar-refractivity contribution in [3.63, 3.8) is 0 Å². The van der Waals surface area contributed by atoms with E-state index >= 15 is 0 Å². The Morgan fingerprint density at radius 2 is 2.11 bits per heavy atom. The van der Waals surface area contributed by atoms with Crippen molar-refractivity contribution in [2.24, 2.45) is 5.92 Å². The molecule has 0 aromatic heterocycles. The minimum atomic E-state index is -0.177. The quantitative estimate of drug-likeness (QED) is 0.863. The van der Waals surface area contributed by atoms with Gasteiger partial charge in [0.2, 0.25) is 5.91 Å². The molecule has 0 saturated heterocycles. The SMILES string of the molecule is CC(C)C(Br)C(=O)NCC1COc2ccccc2O1. The molecule has 5 heteroatoms. The van der Waals surface area contributed by atoms with Gasteiger partial charge >= 0.3 is 0 Å². The lowest BCUT2D eigenvalue weighted by molar-refractivity contribution is -0.121. The van der Waals surface area contributed by atoms with Gasteiger partial charge in [0.05, 0.1) is 11.4 Å². The normalized spacial score (nSPS) is 19.1. The molecule has 2 rings (SSSR count). The molecule has 0 aliphatic carbocycles. The van der Waals surface area contributed by atoms with Crippen LogP contribution in [-0.2, 0) is 4.79 Å². The zero-order valence-electron chi connectivity index (χ0n) is 11.1. The fourth-order valence-corrected chi connectivity index (χ4v) is 1.94. The van der Waals surface area contributed by atoms with Crippen LogP contribution in [0.5, 0.6) is 11.5 Å². The average molecular weight is 328 g/mol. The summed E-state index contributed by atoms with van der Waals surface area (Å²) < 4.78 is 11.4. The van der Waals surface area contributed by atoms with Crippen molar-refractivity contribution in [1.29, 1.82) is 0 Å². The molecule has 0 radical (unpaired) electrons. The van der Waals surface area contributed by atoms with Crippen molar-refractivity contribution in [2.45, 2.75) is 24.8 Å². The van der Waals surface area contributed by atoms with E-state index in [1.165, 1.54) is 0 Å². The summed E-state index contributed by atoms with van der Waals surface area (Å²) in [6.45, 7) is 4.89. The maximum atomic E-state index is 11.8. The zero-order valence-corrected chi connectivity index (χ0v) is 12.6. The predicted octanol–water partition coefficient (Wildman–Crippen LogP) is 2.36. The Morgan fingerprint density at radius 3 is 2.79 bits per heavy atom. The van der Waals surface area contributed by atoms with Gasteiger partial charge in [0.25, 0.3) is 0 Å². The molecule has 1 aliphatic rings. The molecule has 1 N–H and O–H groups in total. The second kappa shape index (κ2) is 6.28. The monoisotopic (exact) mass is 327 g/mol. The van der Waals surface area contributed by atoms with Crippen LogP contribution in [0.4, 0.5) is 0 Å². The summed E-state index contributed by atoms with van der Waals surface area (Å²) in [6.07, 6.45) is -0.147. The Kier molecular flexibility index (Phi) is 4.69. The topological polar surface area (TPSA) is 47.6 Å². The Balaban J connectivity index is 1.84. The van der Waals surface area contributed by atoms with Crippen LogP contribution in [0.2, 0.25) is 0 Å². The highest BCUT2D eigenvalue weighted by atomic mass is 79.9. The highest BCUT2D eigenvalue weighted by molar-refractivity contribution is 9.10. The zero-order chi connectivity index (χ0) is 13.8. The minimum Gasteiger partial charge on any atom is -0.486 e. The first-order valence-electron chi connectivity index (χ1n) is 6.38. The van der Waals surface area contributed by atoms with Crippen LogP contribution in [0, 0.1) is 5.92 Å². The number of hydrogen-bond acceptors (Lipinski definition) is 3. The number of benzene rings is 1. The van der Waals surface area contributed by atoms with Gasteiger partial charge in [-0.3, -0.25) is 4.79 Å². The van der Waals surface area contributed by atoms with E-state index in [1.807, 2.05) is 38.1 Å². The third kappa shape index (κ3) is 3.62. The van der Waals surface area contributed by atoms with Crippen LogP contribution in [0.15, 0.2) is 24.3 Å². The summed E-state index contributed by atoms with van der Waals surface area (Å²) in [5, 5.41) is 2.87. The molecule has 1 aromatic rings. The number of hydrogen-bond donors (Lipinski definition) is 1. The second-order valence-corrected chi connectivity index (χ2v) is 5.88. The van der Waals surface area contributed by atoms with Crippen molar-refractivity contribution in [3.05, 3.63) is 24.3 Å². The number of nitrogens with one attached hydrogen (secondary N) is 1. The summed E-state index contributed by atoms with van der Waals surface area (Å²) >= 11 is 3.37. The fraction of sp³-hybridized carbons (Fsp3) is 0.500. The standard InChI is InChI=1S/C14H18BrNO3/c1-9(2)13(15)14(17)16-7-10-8-18-11-5-3-4-6-12(11)19-10/h3-6,9-10,13H,7-8H2,1-2H3,(H,16,17). The molecule has 0 saturated carbocycles. The van der Waals surface area contributed by atoms with Gasteiger partial charge in [-0.25, -0.2) is 0 Å². The Hall–Kier alpha value is -1.23. The number of fused-ring (bicyclic) bond motifs is 1. The molecular formula is C14H18BrNO3. The number of ether oxygens (including phenoxy) is 2. The highest BCUT2D eigenvalue weighted by Crippen LogP contribution is 2.30. The summed E-state index contributed by atoms with van der Waals surface area (Å²) in [6, 6.07) is 7.54. The Bertz CT molecular complexity index is 450. The van der Waals surface area contributed by atoms with Crippen LogP contribution in [0.3, 0.4) is 0 Å². The van der Waals surface area contributed by atoms with Crippen molar-refractivity contribution >= 4 is 21.8 Å². The van der Waals surface area contributed by atoms with Crippen LogP contribution in [0.1, 0.15) is 13.8 Å². The number of para-hydroxylation sites is 2. The fourth-order valence-electron chi connectivity index (χ4n) is 1.78. The van der Waals surface area contributed by atoms with E-state index < -0.39 is 0 Å². The van der Waals surface area contributed by atoms with Gasteiger partial charge in [-0.15, -0.1) is 0 Å². The molecule has 0 spiro atoms. The van der Waals surface area contributed by atoms with Gasteiger partial charge < -0.3 is 14.8 Å². The number of halogens is 1. The molecule has 1 amide bonds. The van der Waals surface area contributed by atoms with Crippen LogP contribution < -0.4 is 14.8 Å². The number of carbonyl (C=O) groups excluding carboxylic acids is 1. The number of rotatable bonds is 4. The first kappa shape index (κ1) is 14.2. The lowest BCUT2D eigenvalue weighted by atomic mass is 10.1.